The Balaban J connectivity index is 1.73. The predicted molar refractivity (Wildman–Crippen MR) is 95.7 cm³/mol. The van der Waals surface area contributed by atoms with Crippen LogP contribution in [0, 0.1) is 0 Å². The lowest BCUT2D eigenvalue weighted by molar-refractivity contribution is 0.165. The third-order valence-corrected chi connectivity index (χ3v) is 4.68. The van der Waals surface area contributed by atoms with E-state index < -0.39 is 0 Å². The van der Waals surface area contributed by atoms with Crippen molar-refractivity contribution in [3.05, 3.63) is 51.5 Å². The van der Waals surface area contributed by atoms with E-state index in [-0.39, 0.29) is 6.04 Å². The Morgan fingerprint density at radius 2 is 1.92 bits per heavy atom. The van der Waals surface area contributed by atoms with Crippen LogP contribution in [0.4, 0.5) is 0 Å². The molecule has 3 rings (SSSR count). The van der Waals surface area contributed by atoms with Gasteiger partial charge in [-0.2, -0.15) is 0 Å². The highest BCUT2D eigenvalue weighted by atomic mass is 35.5. The zero-order valence-corrected chi connectivity index (χ0v) is 15.1. The minimum absolute atomic E-state index is 0.124. The summed E-state index contributed by atoms with van der Waals surface area (Å²) in [5.74, 6) is 2.08. The van der Waals surface area contributed by atoms with Crippen LogP contribution >= 0.6 is 23.2 Å². The SMILES string of the molecule is COc1cc(CNC(C)c2ccc(Cl)c(Cl)c2)cc2c1OCCO2. The maximum atomic E-state index is 6.09. The molecule has 1 N–H and O–H groups in total. The summed E-state index contributed by atoms with van der Waals surface area (Å²) in [7, 11) is 1.63. The second-order valence-electron chi connectivity index (χ2n) is 5.60. The maximum Gasteiger partial charge on any atom is 0.203 e. The molecule has 2 aromatic carbocycles. The van der Waals surface area contributed by atoms with Crippen LogP contribution in [0.15, 0.2) is 30.3 Å². The Labute approximate surface area is 151 Å². The molecule has 0 amide bonds. The highest BCUT2D eigenvalue weighted by Gasteiger charge is 2.18. The first kappa shape index (κ1) is 17.2. The number of nitrogens with one attached hydrogen (secondary N) is 1. The second-order valence-corrected chi connectivity index (χ2v) is 6.41. The van der Waals surface area contributed by atoms with Crippen LogP contribution in [0.25, 0.3) is 0 Å². The summed E-state index contributed by atoms with van der Waals surface area (Å²) in [5.41, 5.74) is 2.14. The van der Waals surface area contributed by atoms with E-state index in [1.54, 1.807) is 7.11 Å². The van der Waals surface area contributed by atoms with Gasteiger partial charge in [0, 0.05) is 12.6 Å². The van der Waals surface area contributed by atoms with Crippen molar-refractivity contribution in [2.24, 2.45) is 0 Å². The number of rotatable bonds is 5. The fourth-order valence-electron chi connectivity index (χ4n) is 2.60. The van der Waals surface area contributed by atoms with Crippen molar-refractivity contribution in [1.29, 1.82) is 0 Å². The number of halogens is 2. The van der Waals surface area contributed by atoms with E-state index in [4.69, 9.17) is 37.4 Å². The molecule has 1 aliphatic heterocycles. The van der Waals surface area contributed by atoms with Gasteiger partial charge in [0.2, 0.25) is 5.75 Å². The first-order chi connectivity index (χ1) is 11.6. The van der Waals surface area contributed by atoms with E-state index in [9.17, 15) is 0 Å². The van der Waals surface area contributed by atoms with Crippen molar-refractivity contribution >= 4 is 23.2 Å². The molecule has 4 nitrogen and oxygen atoms in total. The maximum absolute atomic E-state index is 6.09. The van der Waals surface area contributed by atoms with Crippen molar-refractivity contribution in [2.45, 2.75) is 19.5 Å². The summed E-state index contributed by atoms with van der Waals surface area (Å²) in [6, 6.07) is 9.72. The Bertz CT molecular complexity index is 719. The average molecular weight is 368 g/mol. The van der Waals surface area contributed by atoms with Crippen LogP contribution in [0.3, 0.4) is 0 Å². The van der Waals surface area contributed by atoms with Gasteiger partial charge < -0.3 is 19.5 Å². The zero-order valence-electron chi connectivity index (χ0n) is 13.6. The van der Waals surface area contributed by atoms with Crippen molar-refractivity contribution in [2.75, 3.05) is 20.3 Å². The Hall–Kier alpha value is -1.62. The number of benzene rings is 2. The Morgan fingerprint density at radius 3 is 2.67 bits per heavy atom. The van der Waals surface area contributed by atoms with Gasteiger partial charge in [-0.05, 0) is 42.3 Å². The lowest BCUT2D eigenvalue weighted by Crippen LogP contribution is -2.19. The quantitative estimate of drug-likeness (QED) is 0.836. The molecule has 0 spiro atoms. The molecule has 1 unspecified atom stereocenters. The fourth-order valence-corrected chi connectivity index (χ4v) is 2.91. The summed E-state index contributed by atoms with van der Waals surface area (Å²) in [4.78, 5) is 0. The molecular weight excluding hydrogens is 349 g/mol. The van der Waals surface area contributed by atoms with Crippen LogP contribution in [-0.2, 0) is 6.54 Å². The molecule has 2 aromatic rings. The van der Waals surface area contributed by atoms with Crippen LogP contribution < -0.4 is 19.5 Å². The predicted octanol–water partition coefficient (Wildman–Crippen LogP) is 4.62. The molecule has 1 heterocycles. The van der Waals surface area contributed by atoms with Crippen LogP contribution in [0.2, 0.25) is 10.0 Å². The van der Waals surface area contributed by atoms with Crippen molar-refractivity contribution in [1.82, 2.24) is 5.32 Å². The zero-order chi connectivity index (χ0) is 17.1. The van der Waals surface area contributed by atoms with Crippen molar-refractivity contribution in [3.63, 3.8) is 0 Å². The average Bonchev–Trinajstić information content (AvgIpc) is 2.61. The Morgan fingerprint density at radius 1 is 1.12 bits per heavy atom. The third kappa shape index (κ3) is 3.72. The summed E-state index contributed by atoms with van der Waals surface area (Å²) in [5, 5.41) is 4.58. The summed E-state index contributed by atoms with van der Waals surface area (Å²) in [6.45, 7) is 3.82. The molecule has 0 aliphatic carbocycles. The normalized spacial score (nSPS) is 14.3. The van der Waals surface area contributed by atoms with E-state index in [1.165, 1.54) is 0 Å². The van der Waals surface area contributed by atoms with E-state index >= 15 is 0 Å². The summed E-state index contributed by atoms with van der Waals surface area (Å²) >= 11 is 12.1. The van der Waals surface area contributed by atoms with Gasteiger partial charge in [0.15, 0.2) is 11.5 Å². The topological polar surface area (TPSA) is 39.7 Å². The van der Waals surface area contributed by atoms with E-state index in [1.807, 2.05) is 30.3 Å². The van der Waals surface area contributed by atoms with Gasteiger partial charge in [0.25, 0.3) is 0 Å². The molecular formula is C18H19Cl2NO3. The first-order valence-corrected chi connectivity index (χ1v) is 8.49. The molecule has 0 aromatic heterocycles. The van der Waals surface area contributed by atoms with Crippen LogP contribution in [-0.4, -0.2) is 20.3 Å². The minimum Gasteiger partial charge on any atom is -0.493 e. The molecule has 1 aliphatic rings. The first-order valence-electron chi connectivity index (χ1n) is 7.73. The standard InChI is InChI=1S/C18H19Cl2NO3/c1-11(13-3-4-14(19)15(20)9-13)21-10-12-7-16(22-2)18-17(8-12)23-5-6-24-18/h3-4,7-9,11,21H,5-6,10H2,1-2H3. The number of hydrogen-bond donors (Lipinski definition) is 1. The monoisotopic (exact) mass is 367 g/mol. The van der Waals surface area contributed by atoms with Crippen molar-refractivity contribution < 1.29 is 14.2 Å². The van der Waals surface area contributed by atoms with Gasteiger partial charge in [0.1, 0.15) is 13.2 Å². The van der Waals surface area contributed by atoms with Gasteiger partial charge in [-0.25, -0.2) is 0 Å². The molecule has 0 saturated carbocycles. The molecule has 128 valence electrons. The fraction of sp³-hybridized carbons (Fsp3) is 0.333. The molecule has 6 heteroatoms. The van der Waals surface area contributed by atoms with Crippen LogP contribution in [0.1, 0.15) is 24.1 Å². The minimum atomic E-state index is 0.124. The van der Waals surface area contributed by atoms with Gasteiger partial charge in [0.05, 0.1) is 17.2 Å². The molecule has 0 radical (unpaired) electrons. The highest BCUT2D eigenvalue weighted by Crippen LogP contribution is 2.40. The summed E-state index contributed by atoms with van der Waals surface area (Å²) in [6.07, 6.45) is 0. The largest absolute Gasteiger partial charge is 0.493 e. The molecule has 1 atom stereocenters. The number of ether oxygens (including phenoxy) is 3. The second kappa shape index (κ2) is 7.51. The smallest absolute Gasteiger partial charge is 0.203 e. The van der Waals surface area contributed by atoms with E-state index in [0.29, 0.717) is 41.3 Å². The number of fused-ring (bicyclic) bond motifs is 1. The van der Waals surface area contributed by atoms with Gasteiger partial charge in [-0.1, -0.05) is 29.3 Å². The number of hydrogen-bond acceptors (Lipinski definition) is 4. The molecule has 0 bridgehead atoms. The van der Waals surface area contributed by atoms with E-state index in [2.05, 4.69) is 12.2 Å². The van der Waals surface area contributed by atoms with Gasteiger partial charge in [-0.15, -0.1) is 0 Å². The van der Waals surface area contributed by atoms with Gasteiger partial charge in [-0.3, -0.25) is 0 Å². The third-order valence-electron chi connectivity index (χ3n) is 3.94. The molecule has 0 fully saturated rings. The van der Waals surface area contributed by atoms with Crippen molar-refractivity contribution in [3.8, 4) is 17.2 Å². The summed E-state index contributed by atoms with van der Waals surface area (Å²) < 4.78 is 16.7. The molecule has 24 heavy (non-hydrogen) atoms. The van der Waals surface area contributed by atoms with Crippen LogP contribution in [0.5, 0.6) is 17.2 Å². The lowest BCUT2D eigenvalue weighted by atomic mass is 10.1. The Kier molecular flexibility index (Phi) is 5.39. The highest BCUT2D eigenvalue weighted by molar-refractivity contribution is 6.42. The molecule has 0 saturated heterocycles. The number of methoxy groups -OCH3 is 1. The lowest BCUT2D eigenvalue weighted by Gasteiger charge is -2.22. The van der Waals surface area contributed by atoms with E-state index in [0.717, 1.165) is 16.9 Å². The van der Waals surface area contributed by atoms with Gasteiger partial charge >= 0.3 is 0 Å².